The Kier molecular flexibility index (Phi) is 4.12. The van der Waals surface area contributed by atoms with E-state index in [1.807, 2.05) is 38.1 Å². The maximum absolute atomic E-state index is 10.7. The highest BCUT2D eigenvalue weighted by molar-refractivity contribution is 7.21. The van der Waals surface area contributed by atoms with Crippen LogP contribution in [0, 0.1) is 0 Å². The Bertz CT molecular complexity index is 476. The van der Waals surface area contributed by atoms with Gasteiger partial charge in [-0.15, -0.1) is 11.3 Å². The zero-order valence-corrected chi connectivity index (χ0v) is 10.0. The van der Waals surface area contributed by atoms with Gasteiger partial charge in [0, 0.05) is 10.1 Å². The fourth-order valence-electron chi connectivity index (χ4n) is 1.15. The van der Waals surface area contributed by atoms with Crippen LogP contribution in [-0.4, -0.2) is 11.1 Å². The van der Waals surface area contributed by atoms with E-state index < -0.39 is 5.97 Å². The SMILES string of the molecule is CC.O=C(O)c1sc2ccccc2c1Cl. The first kappa shape index (κ1) is 12.0. The predicted molar refractivity (Wildman–Crippen MR) is 65.1 cm³/mol. The smallest absolute Gasteiger partial charge is 0.347 e. The van der Waals surface area contributed by atoms with Crippen LogP contribution in [0.15, 0.2) is 24.3 Å². The van der Waals surface area contributed by atoms with Crippen LogP contribution in [0.4, 0.5) is 0 Å². The third-order valence-electron chi connectivity index (χ3n) is 1.73. The van der Waals surface area contributed by atoms with E-state index in [4.69, 9.17) is 16.7 Å². The number of fused-ring (bicyclic) bond motifs is 1. The number of aromatic carboxylic acids is 1. The average Bonchev–Trinajstić information content (AvgIpc) is 2.60. The normalized spacial score (nSPS) is 9.53. The van der Waals surface area contributed by atoms with Crippen molar-refractivity contribution < 1.29 is 9.90 Å². The van der Waals surface area contributed by atoms with Crippen LogP contribution in [0.5, 0.6) is 0 Å². The van der Waals surface area contributed by atoms with Gasteiger partial charge >= 0.3 is 5.97 Å². The van der Waals surface area contributed by atoms with Gasteiger partial charge in [0.15, 0.2) is 0 Å². The van der Waals surface area contributed by atoms with Gasteiger partial charge in [0.25, 0.3) is 0 Å². The molecule has 0 aliphatic heterocycles. The zero-order valence-electron chi connectivity index (χ0n) is 8.45. The number of carbonyl (C=O) groups is 1. The minimum absolute atomic E-state index is 0.211. The Morgan fingerprint density at radius 2 is 1.93 bits per heavy atom. The molecule has 0 amide bonds. The Balaban J connectivity index is 0.000000531. The van der Waals surface area contributed by atoms with E-state index in [1.54, 1.807) is 0 Å². The first-order valence-electron chi connectivity index (χ1n) is 4.60. The number of hydrogen-bond donors (Lipinski definition) is 1. The van der Waals surface area contributed by atoms with Gasteiger partial charge in [-0.3, -0.25) is 0 Å². The first-order valence-corrected chi connectivity index (χ1v) is 5.80. The van der Waals surface area contributed by atoms with Crippen LogP contribution in [0.25, 0.3) is 10.1 Å². The highest BCUT2D eigenvalue weighted by Gasteiger charge is 2.14. The van der Waals surface area contributed by atoms with Gasteiger partial charge < -0.3 is 5.11 Å². The molecule has 0 bridgehead atoms. The lowest BCUT2D eigenvalue weighted by Crippen LogP contribution is -1.91. The van der Waals surface area contributed by atoms with Crippen molar-refractivity contribution in [1.29, 1.82) is 0 Å². The molecular formula is C11H11ClO2S. The molecule has 1 heterocycles. The Morgan fingerprint density at radius 3 is 2.47 bits per heavy atom. The molecule has 15 heavy (non-hydrogen) atoms. The van der Waals surface area contributed by atoms with Crippen molar-refractivity contribution in [2.75, 3.05) is 0 Å². The van der Waals surface area contributed by atoms with Crippen molar-refractivity contribution in [3.05, 3.63) is 34.2 Å². The van der Waals surface area contributed by atoms with Crippen molar-refractivity contribution in [2.45, 2.75) is 13.8 Å². The number of carboxylic acid groups (broad SMARTS) is 1. The van der Waals surface area contributed by atoms with Gasteiger partial charge in [-0.25, -0.2) is 4.79 Å². The van der Waals surface area contributed by atoms with Crippen molar-refractivity contribution in [1.82, 2.24) is 0 Å². The van der Waals surface area contributed by atoms with Crippen molar-refractivity contribution in [3.63, 3.8) is 0 Å². The number of halogens is 1. The monoisotopic (exact) mass is 242 g/mol. The molecule has 0 spiro atoms. The van der Waals surface area contributed by atoms with E-state index in [1.165, 1.54) is 11.3 Å². The molecule has 2 aromatic rings. The summed E-state index contributed by atoms with van der Waals surface area (Å²) in [6.45, 7) is 4.00. The van der Waals surface area contributed by atoms with Gasteiger partial charge in [-0.2, -0.15) is 0 Å². The molecule has 0 unspecified atom stereocenters. The van der Waals surface area contributed by atoms with Gasteiger partial charge in [-0.05, 0) is 6.07 Å². The lowest BCUT2D eigenvalue weighted by atomic mass is 10.2. The van der Waals surface area contributed by atoms with E-state index in [0.29, 0.717) is 5.02 Å². The number of hydrogen-bond acceptors (Lipinski definition) is 2. The van der Waals surface area contributed by atoms with Crippen LogP contribution < -0.4 is 0 Å². The summed E-state index contributed by atoms with van der Waals surface area (Å²) >= 11 is 7.08. The second-order valence-corrected chi connectivity index (χ2v) is 3.98. The van der Waals surface area contributed by atoms with Crippen LogP contribution in [0.2, 0.25) is 5.02 Å². The average molecular weight is 243 g/mol. The molecule has 4 heteroatoms. The molecule has 0 aliphatic rings. The molecule has 0 radical (unpaired) electrons. The van der Waals surface area contributed by atoms with E-state index >= 15 is 0 Å². The molecule has 1 N–H and O–H groups in total. The highest BCUT2D eigenvalue weighted by Crippen LogP contribution is 2.34. The summed E-state index contributed by atoms with van der Waals surface area (Å²) < 4.78 is 0.907. The molecule has 80 valence electrons. The number of thiophene rings is 1. The van der Waals surface area contributed by atoms with Gasteiger partial charge in [0.2, 0.25) is 0 Å². The predicted octanol–water partition coefficient (Wildman–Crippen LogP) is 4.28. The molecular weight excluding hydrogens is 232 g/mol. The standard InChI is InChI=1S/C9H5ClO2S.C2H6/c10-7-5-3-1-2-4-6(5)13-8(7)9(11)12;1-2/h1-4H,(H,11,12);1-2H3. The summed E-state index contributed by atoms with van der Waals surface area (Å²) in [4.78, 5) is 10.9. The highest BCUT2D eigenvalue weighted by atomic mass is 35.5. The van der Waals surface area contributed by atoms with Gasteiger partial charge in [0.1, 0.15) is 4.88 Å². The van der Waals surface area contributed by atoms with E-state index in [9.17, 15) is 4.79 Å². The fraction of sp³-hybridized carbons (Fsp3) is 0.182. The first-order chi connectivity index (χ1) is 7.20. The molecule has 2 rings (SSSR count). The summed E-state index contributed by atoms with van der Waals surface area (Å²) in [6, 6.07) is 7.38. The lowest BCUT2D eigenvalue weighted by Gasteiger charge is -1.87. The minimum atomic E-state index is -0.966. The number of benzene rings is 1. The number of carboxylic acids is 1. The molecule has 0 fully saturated rings. The maximum atomic E-state index is 10.7. The van der Waals surface area contributed by atoms with Gasteiger partial charge in [0.05, 0.1) is 5.02 Å². The Hall–Kier alpha value is -1.06. The van der Waals surface area contributed by atoms with Crippen LogP contribution in [0.3, 0.4) is 0 Å². The van der Waals surface area contributed by atoms with Crippen LogP contribution in [0.1, 0.15) is 23.5 Å². The van der Waals surface area contributed by atoms with E-state index in [-0.39, 0.29) is 4.88 Å². The third-order valence-corrected chi connectivity index (χ3v) is 3.39. The van der Waals surface area contributed by atoms with Crippen molar-refractivity contribution in [2.24, 2.45) is 0 Å². The third kappa shape index (κ3) is 2.30. The minimum Gasteiger partial charge on any atom is -0.477 e. The molecule has 2 nitrogen and oxygen atoms in total. The molecule has 1 aromatic carbocycles. The summed E-state index contributed by atoms with van der Waals surface area (Å²) in [7, 11) is 0. The maximum Gasteiger partial charge on any atom is 0.347 e. The van der Waals surface area contributed by atoms with E-state index in [0.717, 1.165) is 10.1 Å². The quantitative estimate of drug-likeness (QED) is 0.811. The van der Waals surface area contributed by atoms with Crippen LogP contribution in [-0.2, 0) is 0 Å². The molecule has 0 aliphatic carbocycles. The summed E-state index contributed by atoms with van der Waals surface area (Å²) in [5.41, 5.74) is 0. The fourth-order valence-corrected chi connectivity index (χ4v) is 2.50. The number of rotatable bonds is 1. The second kappa shape index (κ2) is 5.14. The molecule has 0 atom stereocenters. The van der Waals surface area contributed by atoms with Crippen LogP contribution >= 0.6 is 22.9 Å². The summed E-state index contributed by atoms with van der Waals surface area (Å²) in [5.74, 6) is -0.966. The van der Waals surface area contributed by atoms with E-state index in [2.05, 4.69) is 0 Å². The molecule has 0 saturated carbocycles. The molecule has 0 saturated heterocycles. The topological polar surface area (TPSA) is 37.3 Å². The second-order valence-electron chi connectivity index (χ2n) is 2.55. The molecule has 1 aromatic heterocycles. The lowest BCUT2D eigenvalue weighted by molar-refractivity contribution is 0.0702. The van der Waals surface area contributed by atoms with Gasteiger partial charge in [-0.1, -0.05) is 43.6 Å². The Morgan fingerprint density at radius 1 is 1.33 bits per heavy atom. The summed E-state index contributed by atoms with van der Waals surface area (Å²) in [5, 5.41) is 9.95. The summed E-state index contributed by atoms with van der Waals surface area (Å²) in [6.07, 6.45) is 0. The zero-order chi connectivity index (χ0) is 11.4. The largest absolute Gasteiger partial charge is 0.477 e. The Labute approximate surface area is 97.1 Å². The van der Waals surface area contributed by atoms with Crippen molar-refractivity contribution in [3.8, 4) is 0 Å². The van der Waals surface area contributed by atoms with Crippen molar-refractivity contribution >= 4 is 39.0 Å².